The van der Waals surface area contributed by atoms with Crippen LogP contribution >= 0.6 is 0 Å². The molecule has 0 aromatic heterocycles. The highest BCUT2D eigenvalue weighted by molar-refractivity contribution is 5.48. The summed E-state index contributed by atoms with van der Waals surface area (Å²) in [4.78, 5) is 2.56. The van der Waals surface area contributed by atoms with Gasteiger partial charge < -0.3 is 10.2 Å². The van der Waals surface area contributed by atoms with E-state index in [9.17, 15) is 0 Å². The first-order valence-corrected chi connectivity index (χ1v) is 7.71. The van der Waals surface area contributed by atoms with Crippen LogP contribution in [0.3, 0.4) is 0 Å². The summed E-state index contributed by atoms with van der Waals surface area (Å²) in [6, 6.07) is 8.92. The van der Waals surface area contributed by atoms with Crippen LogP contribution in [0.1, 0.15) is 38.7 Å². The van der Waals surface area contributed by atoms with Gasteiger partial charge in [0.2, 0.25) is 0 Å². The molecule has 1 saturated heterocycles. The van der Waals surface area contributed by atoms with Crippen molar-refractivity contribution in [2.45, 2.75) is 40.0 Å². The van der Waals surface area contributed by atoms with Crippen molar-refractivity contribution < 1.29 is 0 Å². The highest BCUT2D eigenvalue weighted by Gasteiger charge is 2.31. The van der Waals surface area contributed by atoms with Crippen molar-refractivity contribution in [1.82, 2.24) is 5.32 Å². The molecule has 2 rings (SSSR count). The maximum Gasteiger partial charge on any atom is 0.0368 e. The topological polar surface area (TPSA) is 15.3 Å². The zero-order valence-corrected chi connectivity index (χ0v) is 12.7. The second-order valence-corrected chi connectivity index (χ2v) is 5.96. The summed E-state index contributed by atoms with van der Waals surface area (Å²) in [5, 5.41) is 3.50. The zero-order valence-electron chi connectivity index (χ0n) is 12.7. The summed E-state index contributed by atoms with van der Waals surface area (Å²) in [6.07, 6.45) is 3.91. The number of hydrogen-bond donors (Lipinski definition) is 1. The highest BCUT2D eigenvalue weighted by Crippen LogP contribution is 2.34. The third kappa shape index (κ3) is 3.50. The van der Waals surface area contributed by atoms with Crippen molar-refractivity contribution in [3.05, 3.63) is 29.8 Å². The van der Waals surface area contributed by atoms with E-state index < -0.39 is 0 Å². The Kier molecular flexibility index (Phi) is 4.87. The fourth-order valence-electron chi connectivity index (χ4n) is 3.20. The molecule has 19 heavy (non-hydrogen) atoms. The first-order valence-electron chi connectivity index (χ1n) is 7.71. The lowest BCUT2D eigenvalue weighted by atomic mass is 9.76. The van der Waals surface area contributed by atoms with Gasteiger partial charge in [0.25, 0.3) is 0 Å². The van der Waals surface area contributed by atoms with Crippen molar-refractivity contribution in [3.63, 3.8) is 0 Å². The summed E-state index contributed by atoms with van der Waals surface area (Å²) in [5.41, 5.74) is 3.24. The normalized spacial score (nSPS) is 18.3. The van der Waals surface area contributed by atoms with Crippen LogP contribution in [0.4, 0.5) is 5.69 Å². The number of benzene rings is 1. The highest BCUT2D eigenvalue weighted by atomic mass is 15.1. The summed E-state index contributed by atoms with van der Waals surface area (Å²) >= 11 is 0. The Labute approximate surface area is 118 Å². The van der Waals surface area contributed by atoms with Crippen LogP contribution in [-0.4, -0.2) is 26.2 Å². The Morgan fingerprint density at radius 2 is 1.95 bits per heavy atom. The van der Waals surface area contributed by atoms with Crippen LogP contribution in [0.2, 0.25) is 0 Å². The molecule has 1 aliphatic rings. The maximum absolute atomic E-state index is 3.50. The van der Waals surface area contributed by atoms with Gasteiger partial charge in [-0.15, -0.1) is 0 Å². The monoisotopic (exact) mass is 260 g/mol. The summed E-state index contributed by atoms with van der Waals surface area (Å²) < 4.78 is 0. The molecule has 0 saturated carbocycles. The van der Waals surface area contributed by atoms with Crippen molar-refractivity contribution >= 4 is 5.69 Å². The summed E-state index contributed by atoms with van der Waals surface area (Å²) in [5.74, 6) is 0. The first kappa shape index (κ1) is 14.4. The second kappa shape index (κ2) is 6.42. The fourth-order valence-corrected chi connectivity index (χ4v) is 3.20. The third-order valence-electron chi connectivity index (χ3n) is 4.69. The maximum atomic E-state index is 3.50. The van der Waals surface area contributed by atoms with Crippen LogP contribution in [0.15, 0.2) is 24.3 Å². The molecular formula is C17H28N2. The quantitative estimate of drug-likeness (QED) is 0.870. The lowest BCUT2D eigenvalue weighted by Crippen LogP contribution is -2.44. The minimum absolute atomic E-state index is 0.505. The Balaban J connectivity index is 2.13. The molecule has 1 N–H and O–H groups in total. The largest absolute Gasteiger partial charge is 0.371 e. The lowest BCUT2D eigenvalue weighted by molar-refractivity contribution is 0.198. The Hall–Kier alpha value is -1.02. The molecule has 106 valence electrons. The molecule has 1 fully saturated rings. The van der Waals surface area contributed by atoms with E-state index in [1.54, 1.807) is 0 Å². The fraction of sp³-hybridized carbons (Fsp3) is 0.647. The molecule has 0 unspecified atom stereocenters. The summed E-state index contributed by atoms with van der Waals surface area (Å²) in [7, 11) is 0. The number of piperidine rings is 1. The molecule has 1 aromatic carbocycles. The van der Waals surface area contributed by atoms with Crippen molar-refractivity contribution in [2.75, 3.05) is 31.1 Å². The van der Waals surface area contributed by atoms with Crippen LogP contribution in [-0.2, 0) is 0 Å². The molecule has 1 aliphatic heterocycles. The molecule has 2 heteroatoms. The number of aryl methyl sites for hydroxylation is 1. The van der Waals surface area contributed by atoms with Crippen molar-refractivity contribution in [1.29, 1.82) is 0 Å². The average Bonchev–Trinajstić information content (AvgIpc) is 2.46. The van der Waals surface area contributed by atoms with Gasteiger partial charge >= 0.3 is 0 Å². The standard InChI is InChI=1S/C17H28N2/c1-4-17(9-11-18-12-10-17)14-19(5-2)16-8-6-7-15(3)13-16/h6-8,13,18H,4-5,9-12,14H2,1-3H3. The predicted molar refractivity (Wildman–Crippen MR) is 83.9 cm³/mol. The Morgan fingerprint density at radius 1 is 1.21 bits per heavy atom. The lowest BCUT2D eigenvalue weighted by Gasteiger charge is -2.41. The molecule has 0 radical (unpaired) electrons. The van der Waals surface area contributed by atoms with E-state index in [4.69, 9.17) is 0 Å². The third-order valence-corrected chi connectivity index (χ3v) is 4.69. The molecule has 0 spiro atoms. The van der Waals surface area contributed by atoms with Gasteiger partial charge in [-0.1, -0.05) is 19.1 Å². The predicted octanol–water partition coefficient (Wildman–Crippen LogP) is 3.60. The molecular weight excluding hydrogens is 232 g/mol. The van der Waals surface area contributed by atoms with Gasteiger partial charge in [0.15, 0.2) is 0 Å². The SMILES string of the molecule is CCN(CC1(CC)CCNCC1)c1cccc(C)c1. The average molecular weight is 260 g/mol. The zero-order chi connectivity index (χ0) is 13.7. The Morgan fingerprint density at radius 3 is 2.53 bits per heavy atom. The number of nitrogens with zero attached hydrogens (tertiary/aromatic N) is 1. The molecule has 1 aromatic rings. The van der Waals surface area contributed by atoms with E-state index in [0.29, 0.717) is 5.41 Å². The Bertz CT molecular complexity index is 394. The van der Waals surface area contributed by atoms with Crippen LogP contribution in [0.25, 0.3) is 0 Å². The van der Waals surface area contributed by atoms with E-state index in [1.807, 2.05) is 0 Å². The molecule has 0 atom stereocenters. The van der Waals surface area contributed by atoms with Gasteiger partial charge in [0.05, 0.1) is 0 Å². The van der Waals surface area contributed by atoms with Gasteiger partial charge in [-0.05, 0) is 69.3 Å². The first-order chi connectivity index (χ1) is 9.19. The van der Waals surface area contributed by atoms with Crippen molar-refractivity contribution in [2.24, 2.45) is 5.41 Å². The van der Waals surface area contributed by atoms with Gasteiger partial charge in [-0.3, -0.25) is 0 Å². The van der Waals surface area contributed by atoms with Crippen molar-refractivity contribution in [3.8, 4) is 0 Å². The van der Waals surface area contributed by atoms with E-state index in [-0.39, 0.29) is 0 Å². The minimum Gasteiger partial charge on any atom is -0.371 e. The van der Waals surface area contributed by atoms with E-state index in [0.717, 1.165) is 6.54 Å². The second-order valence-electron chi connectivity index (χ2n) is 5.96. The van der Waals surface area contributed by atoms with Crippen LogP contribution in [0.5, 0.6) is 0 Å². The molecule has 2 nitrogen and oxygen atoms in total. The molecule has 0 amide bonds. The van der Waals surface area contributed by atoms with Gasteiger partial charge in [-0.25, -0.2) is 0 Å². The smallest absolute Gasteiger partial charge is 0.0368 e. The number of hydrogen-bond acceptors (Lipinski definition) is 2. The number of nitrogens with one attached hydrogen (secondary N) is 1. The minimum atomic E-state index is 0.505. The van der Waals surface area contributed by atoms with Crippen LogP contribution < -0.4 is 10.2 Å². The van der Waals surface area contributed by atoms with Crippen LogP contribution in [0, 0.1) is 12.3 Å². The van der Waals surface area contributed by atoms with Gasteiger partial charge in [0, 0.05) is 18.8 Å². The van der Waals surface area contributed by atoms with Gasteiger partial charge in [-0.2, -0.15) is 0 Å². The van der Waals surface area contributed by atoms with E-state index >= 15 is 0 Å². The summed E-state index contributed by atoms with van der Waals surface area (Å²) in [6.45, 7) is 11.5. The number of rotatable bonds is 5. The molecule has 0 bridgehead atoms. The molecule has 1 heterocycles. The van der Waals surface area contributed by atoms with Gasteiger partial charge in [0.1, 0.15) is 0 Å². The molecule has 0 aliphatic carbocycles. The number of anilines is 1. The van der Waals surface area contributed by atoms with E-state index in [2.05, 4.69) is 55.3 Å². The van der Waals surface area contributed by atoms with E-state index in [1.165, 1.54) is 50.1 Å².